The van der Waals surface area contributed by atoms with Gasteiger partial charge in [-0.2, -0.15) is 0 Å². The Balaban J connectivity index is 2.41. The summed E-state index contributed by atoms with van der Waals surface area (Å²) in [5.74, 6) is 0.500. The summed E-state index contributed by atoms with van der Waals surface area (Å²) in [5.41, 5.74) is 16.8. The molecule has 22 heavy (non-hydrogen) atoms. The number of benzene rings is 1. The molecule has 0 amide bonds. The lowest BCUT2D eigenvalue weighted by Gasteiger charge is -2.16. The SMILES string of the molecule is CCCOC1=CC(=Nc2ccc(N)c(C)c2C)C(N)=CC1=N. The van der Waals surface area contributed by atoms with Crippen LogP contribution in [0, 0.1) is 19.3 Å². The molecule has 0 aliphatic heterocycles. The first-order chi connectivity index (χ1) is 10.4. The average molecular weight is 298 g/mol. The summed E-state index contributed by atoms with van der Waals surface area (Å²) in [6.45, 7) is 6.53. The first kappa shape index (κ1) is 15.8. The fraction of sp³-hybridized carbons (Fsp3) is 0.294. The Kier molecular flexibility index (Phi) is 4.65. The maximum absolute atomic E-state index is 7.91. The predicted octanol–water partition coefficient (Wildman–Crippen LogP) is 3.14. The number of rotatable bonds is 4. The van der Waals surface area contributed by atoms with Crippen LogP contribution in [0.4, 0.5) is 11.4 Å². The minimum atomic E-state index is 0.273. The zero-order valence-corrected chi connectivity index (χ0v) is 13.2. The summed E-state index contributed by atoms with van der Waals surface area (Å²) in [6, 6.07) is 3.71. The number of nitrogens with two attached hydrogens (primary N) is 2. The van der Waals surface area contributed by atoms with E-state index >= 15 is 0 Å². The summed E-state index contributed by atoms with van der Waals surface area (Å²) < 4.78 is 5.57. The van der Waals surface area contributed by atoms with Crippen molar-refractivity contribution in [1.29, 1.82) is 5.41 Å². The van der Waals surface area contributed by atoms with Gasteiger partial charge in [-0.25, -0.2) is 4.99 Å². The van der Waals surface area contributed by atoms with E-state index in [-0.39, 0.29) is 5.71 Å². The Morgan fingerprint density at radius 1 is 1.14 bits per heavy atom. The van der Waals surface area contributed by atoms with Crippen LogP contribution < -0.4 is 11.5 Å². The summed E-state index contributed by atoms with van der Waals surface area (Å²) in [6.07, 6.45) is 4.17. The molecular formula is C17H22N4O. The van der Waals surface area contributed by atoms with E-state index in [1.807, 2.05) is 32.9 Å². The highest BCUT2D eigenvalue weighted by Gasteiger charge is 2.16. The second-order valence-electron chi connectivity index (χ2n) is 5.29. The number of aliphatic imine (C=N–C) groups is 1. The van der Waals surface area contributed by atoms with Crippen LogP contribution in [0.2, 0.25) is 0 Å². The van der Waals surface area contributed by atoms with E-state index in [0.29, 0.717) is 23.8 Å². The lowest BCUT2D eigenvalue weighted by Crippen LogP contribution is -2.19. The van der Waals surface area contributed by atoms with Crippen LogP contribution in [-0.4, -0.2) is 18.0 Å². The molecule has 0 aromatic heterocycles. The quantitative estimate of drug-likeness (QED) is 0.588. The van der Waals surface area contributed by atoms with Crippen molar-refractivity contribution in [3.63, 3.8) is 0 Å². The molecular weight excluding hydrogens is 276 g/mol. The van der Waals surface area contributed by atoms with Crippen LogP contribution in [0.5, 0.6) is 0 Å². The number of nitrogens with one attached hydrogen (secondary N) is 1. The van der Waals surface area contributed by atoms with Gasteiger partial charge in [-0.1, -0.05) is 6.92 Å². The molecule has 0 saturated heterocycles. The van der Waals surface area contributed by atoms with Crippen molar-refractivity contribution in [1.82, 2.24) is 0 Å². The Morgan fingerprint density at radius 2 is 1.86 bits per heavy atom. The molecule has 5 nitrogen and oxygen atoms in total. The zero-order chi connectivity index (χ0) is 16.3. The molecule has 0 heterocycles. The number of ether oxygens (including phenoxy) is 1. The van der Waals surface area contributed by atoms with Gasteiger partial charge in [0.05, 0.1) is 29.4 Å². The Bertz CT molecular complexity index is 699. The molecule has 0 spiro atoms. The van der Waals surface area contributed by atoms with Gasteiger partial charge in [-0.15, -0.1) is 0 Å². The van der Waals surface area contributed by atoms with E-state index in [2.05, 4.69) is 4.99 Å². The van der Waals surface area contributed by atoms with Gasteiger partial charge in [0.2, 0.25) is 0 Å². The van der Waals surface area contributed by atoms with Gasteiger partial charge in [0, 0.05) is 11.8 Å². The van der Waals surface area contributed by atoms with E-state index in [1.165, 1.54) is 0 Å². The molecule has 0 radical (unpaired) electrons. The van der Waals surface area contributed by atoms with Gasteiger partial charge in [0.25, 0.3) is 0 Å². The van der Waals surface area contributed by atoms with Gasteiger partial charge >= 0.3 is 0 Å². The molecule has 1 aromatic carbocycles. The van der Waals surface area contributed by atoms with Crippen LogP contribution >= 0.6 is 0 Å². The Morgan fingerprint density at radius 3 is 2.55 bits per heavy atom. The highest BCUT2D eigenvalue weighted by atomic mass is 16.5. The molecule has 0 unspecified atom stereocenters. The van der Waals surface area contributed by atoms with Gasteiger partial charge in [0.1, 0.15) is 5.76 Å². The third kappa shape index (κ3) is 3.19. The fourth-order valence-electron chi connectivity index (χ4n) is 2.09. The van der Waals surface area contributed by atoms with E-state index in [4.69, 9.17) is 21.6 Å². The van der Waals surface area contributed by atoms with Crippen molar-refractivity contribution in [2.45, 2.75) is 27.2 Å². The molecule has 0 bridgehead atoms. The average Bonchev–Trinajstić information content (AvgIpc) is 2.49. The fourth-order valence-corrected chi connectivity index (χ4v) is 2.09. The van der Waals surface area contributed by atoms with E-state index in [9.17, 15) is 0 Å². The number of hydrogen-bond donors (Lipinski definition) is 3. The third-order valence-corrected chi connectivity index (χ3v) is 3.63. The smallest absolute Gasteiger partial charge is 0.146 e. The van der Waals surface area contributed by atoms with Crippen LogP contribution in [-0.2, 0) is 4.74 Å². The predicted molar refractivity (Wildman–Crippen MR) is 91.7 cm³/mol. The minimum Gasteiger partial charge on any atom is -0.491 e. The molecule has 2 rings (SSSR count). The van der Waals surface area contributed by atoms with Crippen molar-refractivity contribution in [3.8, 4) is 0 Å². The first-order valence-electron chi connectivity index (χ1n) is 7.29. The standard InChI is InChI=1S/C17H22N4O/c1-4-7-22-17-9-16(13(19)8-14(17)20)21-15-6-5-12(18)10(2)11(15)3/h5-6,8-9,20H,4,7,18-19H2,1-3H3. The number of anilines is 1. The highest BCUT2D eigenvalue weighted by molar-refractivity contribution is 6.22. The van der Waals surface area contributed by atoms with E-state index in [0.717, 1.165) is 28.9 Å². The third-order valence-electron chi connectivity index (χ3n) is 3.63. The molecule has 1 aliphatic rings. The summed E-state index contributed by atoms with van der Waals surface area (Å²) >= 11 is 0. The van der Waals surface area contributed by atoms with Crippen molar-refractivity contribution in [2.24, 2.45) is 10.7 Å². The maximum Gasteiger partial charge on any atom is 0.146 e. The Labute approximate surface area is 130 Å². The number of hydrogen-bond acceptors (Lipinski definition) is 5. The van der Waals surface area contributed by atoms with Crippen LogP contribution in [0.25, 0.3) is 0 Å². The molecule has 1 aromatic rings. The summed E-state index contributed by atoms with van der Waals surface area (Å²) in [7, 11) is 0. The highest BCUT2D eigenvalue weighted by Crippen LogP contribution is 2.27. The molecule has 5 heteroatoms. The van der Waals surface area contributed by atoms with Crippen molar-refractivity contribution >= 4 is 22.8 Å². The number of nitrogen functional groups attached to an aromatic ring is 1. The van der Waals surface area contributed by atoms with E-state index in [1.54, 1.807) is 12.2 Å². The minimum absolute atomic E-state index is 0.273. The number of allylic oxidation sites excluding steroid dienone is 2. The van der Waals surface area contributed by atoms with Gasteiger partial charge in [-0.3, -0.25) is 5.41 Å². The monoisotopic (exact) mass is 298 g/mol. The lowest BCUT2D eigenvalue weighted by molar-refractivity contribution is 0.231. The zero-order valence-electron chi connectivity index (χ0n) is 13.2. The van der Waals surface area contributed by atoms with Crippen molar-refractivity contribution < 1.29 is 4.74 Å². The number of nitrogens with zero attached hydrogens (tertiary/aromatic N) is 1. The second-order valence-corrected chi connectivity index (χ2v) is 5.29. The molecule has 116 valence electrons. The molecule has 1 aliphatic carbocycles. The van der Waals surface area contributed by atoms with E-state index < -0.39 is 0 Å². The van der Waals surface area contributed by atoms with Crippen LogP contribution in [0.15, 0.2) is 40.7 Å². The summed E-state index contributed by atoms with van der Waals surface area (Å²) in [5, 5.41) is 7.91. The molecule has 0 atom stereocenters. The van der Waals surface area contributed by atoms with Crippen LogP contribution in [0.3, 0.4) is 0 Å². The largest absolute Gasteiger partial charge is 0.491 e. The maximum atomic E-state index is 7.91. The summed E-state index contributed by atoms with van der Waals surface area (Å²) in [4.78, 5) is 4.61. The normalized spacial score (nSPS) is 16.5. The Hall–Kier alpha value is -2.56. The van der Waals surface area contributed by atoms with Gasteiger partial charge < -0.3 is 16.2 Å². The first-order valence-corrected chi connectivity index (χ1v) is 7.29. The molecule has 0 fully saturated rings. The molecule has 0 saturated carbocycles. The van der Waals surface area contributed by atoms with Crippen LogP contribution in [0.1, 0.15) is 24.5 Å². The topological polar surface area (TPSA) is 97.5 Å². The second kappa shape index (κ2) is 6.47. The van der Waals surface area contributed by atoms with Gasteiger partial charge in [0.15, 0.2) is 0 Å². The molecule has 5 N–H and O–H groups in total. The van der Waals surface area contributed by atoms with Crippen molar-refractivity contribution in [3.05, 3.63) is 46.9 Å². The lowest BCUT2D eigenvalue weighted by atomic mass is 10.0. The van der Waals surface area contributed by atoms with Crippen molar-refractivity contribution in [2.75, 3.05) is 12.3 Å². The van der Waals surface area contributed by atoms with Gasteiger partial charge in [-0.05, 0) is 49.6 Å².